The zero-order valence-corrected chi connectivity index (χ0v) is 13.0. The molecule has 0 saturated heterocycles. The number of nitrogens with zero attached hydrogens (tertiary/aromatic N) is 5. The third-order valence-electron chi connectivity index (χ3n) is 3.14. The van der Waals surface area contributed by atoms with Crippen LogP contribution in [-0.2, 0) is 11.3 Å². The van der Waals surface area contributed by atoms with Gasteiger partial charge in [0.15, 0.2) is 5.16 Å². The third-order valence-corrected chi connectivity index (χ3v) is 4.10. The topological polar surface area (TPSA) is 85.7 Å². The van der Waals surface area contributed by atoms with Crippen molar-refractivity contribution in [3.8, 4) is 12.1 Å². The van der Waals surface area contributed by atoms with Gasteiger partial charge in [0, 0.05) is 6.54 Å². The Balaban J connectivity index is 2.13. The fourth-order valence-electron chi connectivity index (χ4n) is 2.09. The molecule has 0 aliphatic carbocycles. The Morgan fingerprint density at radius 1 is 1.32 bits per heavy atom. The van der Waals surface area contributed by atoms with Crippen LogP contribution < -0.4 is 0 Å². The number of amides is 1. The van der Waals surface area contributed by atoms with E-state index in [1.165, 1.54) is 16.7 Å². The van der Waals surface area contributed by atoms with E-state index in [0.717, 1.165) is 22.7 Å². The Bertz CT molecular complexity index is 739. The molecule has 0 bridgehead atoms. The average Bonchev–Trinajstić information content (AvgIpc) is 2.89. The van der Waals surface area contributed by atoms with Gasteiger partial charge in [-0.05, 0) is 19.1 Å². The molecule has 2 rings (SSSR count). The standard InChI is InChI=1S/C15H15N5OS/c1-2-20-13-6-4-3-5-12(13)18-15(20)22-11-14(21)19(9-7-16)10-8-17/h3-6H,2,9-11H2,1H3. The SMILES string of the molecule is CCn1c(SCC(=O)N(CC#N)CC#N)nc2ccccc21. The van der Waals surface area contributed by atoms with Crippen LogP contribution in [-0.4, -0.2) is 39.2 Å². The Morgan fingerprint density at radius 3 is 2.64 bits per heavy atom. The predicted molar refractivity (Wildman–Crippen MR) is 83.9 cm³/mol. The predicted octanol–water partition coefficient (Wildman–Crippen LogP) is 2.02. The summed E-state index contributed by atoms with van der Waals surface area (Å²) >= 11 is 1.33. The number of benzene rings is 1. The molecule has 2 aromatic rings. The Morgan fingerprint density at radius 2 is 2.00 bits per heavy atom. The number of rotatable bonds is 6. The molecular weight excluding hydrogens is 298 g/mol. The quantitative estimate of drug-likeness (QED) is 0.601. The molecule has 112 valence electrons. The van der Waals surface area contributed by atoms with E-state index in [1.54, 1.807) is 0 Å². The molecule has 0 saturated carbocycles. The highest BCUT2D eigenvalue weighted by atomic mass is 32.2. The van der Waals surface area contributed by atoms with Gasteiger partial charge in [-0.1, -0.05) is 23.9 Å². The van der Waals surface area contributed by atoms with Crippen molar-refractivity contribution in [2.24, 2.45) is 0 Å². The van der Waals surface area contributed by atoms with E-state index < -0.39 is 0 Å². The van der Waals surface area contributed by atoms with Gasteiger partial charge in [-0.15, -0.1) is 0 Å². The molecule has 1 aromatic carbocycles. The molecular formula is C15H15N5OS. The van der Waals surface area contributed by atoms with E-state index in [-0.39, 0.29) is 24.7 Å². The first-order valence-electron chi connectivity index (χ1n) is 6.81. The molecule has 1 heterocycles. The summed E-state index contributed by atoms with van der Waals surface area (Å²) in [5, 5.41) is 18.2. The minimum absolute atomic E-state index is 0.0723. The summed E-state index contributed by atoms with van der Waals surface area (Å²) in [6.07, 6.45) is 0. The molecule has 7 heteroatoms. The maximum atomic E-state index is 12.1. The van der Waals surface area contributed by atoms with E-state index >= 15 is 0 Å². The lowest BCUT2D eigenvalue weighted by molar-refractivity contribution is -0.127. The van der Waals surface area contributed by atoms with E-state index in [1.807, 2.05) is 47.9 Å². The summed E-state index contributed by atoms with van der Waals surface area (Å²) < 4.78 is 2.05. The van der Waals surface area contributed by atoms with Gasteiger partial charge in [-0.2, -0.15) is 10.5 Å². The number of carbonyl (C=O) groups excluding carboxylic acids is 1. The van der Waals surface area contributed by atoms with Gasteiger partial charge in [0.2, 0.25) is 5.91 Å². The van der Waals surface area contributed by atoms with Crippen LogP contribution >= 0.6 is 11.8 Å². The number of hydrogen-bond acceptors (Lipinski definition) is 5. The van der Waals surface area contributed by atoms with E-state index in [4.69, 9.17) is 10.5 Å². The lowest BCUT2D eigenvalue weighted by atomic mass is 10.3. The smallest absolute Gasteiger partial charge is 0.234 e. The largest absolute Gasteiger partial charge is 0.319 e. The van der Waals surface area contributed by atoms with Crippen LogP contribution in [0.1, 0.15) is 6.92 Å². The van der Waals surface area contributed by atoms with Crippen molar-refractivity contribution in [3.05, 3.63) is 24.3 Å². The van der Waals surface area contributed by atoms with Crippen molar-refractivity contribution < 1.29 is 4.79 Å². The van der Waals surface area contributed by atoms with Crippen molar-refractivity contribution in [1.82, 2.24) is 14.5 Å². The summed E-state index contributed by atoms with van der Waals surface area (Å²) in [4.78, 5) is 17.9. The summed E-state index contributed by atoms with van der Waals surface area (Å²) in [6, 6.07) is 11.6. The summed E-state index contributed by atoms with van der Waals surface area (Å²) in [7, 11) is 0. The van der Waals surface area contributed by atoms with Gasteiger partial charge >= 0.3 is 0 Å². The maximum Gasteiger partial charge on any atom is 0.234 e. The number of aromatic nitrogens is 2. The number of para-hydroxylation sites is 2. The number of hydrogen-bond donors (Lipinski definition) is 0. The van der Waals surface area contributed by atoms with Gasteiger partial charge in [-0.3, -0.25) is 4.79 Å². The van der Waals surface area contributed by atoms with Crippen LogP contribution in [0, 0.1) is 22.7 Å². The average molecular weight is 313 g/mol. The molecule has 22 heavy (non-hydrogen) atoms. The third kappa shape index (κ3) is 3.38. The van der Waals surface area contributed by atoms with Crippen molar-refractivity contribution >= 4 is 28.7 Å². The van der Waals surface area contributed by atoms with Crippen LogP contribution in [0.4, 0.5) is 0 Å². The molecule has 0 N–H and O–H groups in total. The molecule has 0 fully saturated rings. The second-order valence-electron chi connectivity index (χ2n) is 4.48. The normalized spacial score (nSPS) is 10.1. The van der Waals surface area contributed by atoms with Crippen LogP contribution in [0.5, 0.6) is 0 Å². The molecule has 0 aliphatic rings. The van der Waals surface area contributed by atoms with Gasteiger partial charge < -0.3 is 9.47 Å². The number of carbonyl (C=O) groups is 1. The molecule has 0 radical (unpaired) electrons. The first kappa shape index (κ1) is 15.9. The van der Waals surface area contributed by atoms with Crippen molar-refractivity contribution in [2.45, 2.75) is 18.6 Å². The second kappa shape index (κ2) is 7.48. The lowest BCUT2D eigenvalue weighted by Crippen LogP contribution is -2.33. The number of aryl methyl sites for hydroxylation is 1. The molecule has 6 nitrogen and oxygen atoms in total. The Labute approximate surface area is 133 Å². The van der Waals surface area contributed by atoms with E-state index in [0.29, 0.717) is 0 Å². The molecule has 0 atom stereocenters. The van der Waals surface area contributed by atoms with Gasteiger partial charge in [0.1, 0.15) is 13.1 Å². The fourth-order valence-corrected chi connectivity index (χ4v) is 3.07. The number of imidazole rings is 1. The van der Waals surface area contributed by atoms with Crippen LogP contribution in [0.15, 0.2) is 29.4 Å². The molecule has 0 unspecified atom stereocenters. The maximum absolute atomic E-state index is 12.1. The van der Waals surface area contributed by atoms with Gasteiger partial charge in [0.05, 0.1) is 28.9 Å². The highest BCUT2D eigenvalue weighted by Crippen LogP contribution is 2.24. The summed E-state index contributed by atoms with van der Waals surface area (Å²) in [6.45, 7) is 2.64. The molecule has 0 aliphatic heterocycles. The van der Waals surface area contributed by atoms with Crippen molar-refractivity contribution in [2.75, 3.05) is 18.8 Å². The van der Waals surface area contributed by atoms with Crippen molar-refractivity contribution in [1.29, 1.82) is 10.5 Å². The van der Waals surface area contributed by atoms with Crippen LogP contribution in [0.25, 0.3) is 11.0 Å². The lowest BCUT2D eigenvalue weighted by Gasteiger charge is -2.15. The van der Waals surface area contributed by atoms with Crippen LogP contribution in [0.3, 0.4) is 0 Å². The first-order chi connectivity index (χ1) is 10.7. The number of thioether (sulfide) groups is 1. The highest BCUT2D eigenvalue weighted by molar-refractivity contribution is 7.99. The summed E-state index contributed by atoms with van der Waals surface area (Å²) in [5.41, 5.74) is 1.93. The van der Waals surface area contributed by atoms with E-state index in [9.17, 15) is 4.79 Å². The Kier molecular flexibility index (Phi) is 5.40. The Hall–Kier alpha value is -2.51. The van der Waals surface area contributed by atoms with E-state index in [2.05, 4.69) is 4.98 Å². The zero-order chi connectivity index (χ0) is 15.9. The molecule has 0 spiro atoms. The van der Waals surface area contributed by atoms with Crippen molar-refractivity contribution in [3.63, 3.8) is 0 Å². The number of fused-ring (bicyclic) bond motifs is 1. The fraction of sp³-hybridized carbons (Fsp3) is 0.333. The second-order valence-corrected chi connectivity index (χ2v) is 5.42. The zero-order valence-electron chi connectivity index (χ0n) is 12.2. The first-order valence-corrected chi connectivity index (χ1v) is 7.79. The monoisotopic (exact) mass is 313 g/mol. The van der Waals surface area contributed by atoms with Gasteiger partial charge in [-0.25, -0.2) is 4.98 Å². The minimum Gasteiger partial charge on any atom is -0.319 e. The minimum atomic E-state index is -0.234. The summed E-state index contributed by atoms with van der Waals surface area (Å²) in [5.74, 6) is -0.0741. The van der Waals surface area contributed by atoms with Crippen LogP contribution in [0.2, 0.25) is 0 Å². The molecule has 1 aromatic heterocycles. The highest BCUT2D eigenvalue weighted by Gasteiger charge is 2.16. The van der Waals surface area contributed by atoms with Gasteiger partial charge in [0.25, 0.3) is 0 Å². The molecule has 1 amide bonds. The number of nitriles is 2.